The number of ether oxygens (including phenoxy) is 4. The Bertz CT molecular complexity index is 954. The van der Waals surface area contributed by atoms with E-state index in [1.807, 2.05) is 19.0 Å². The fraction of sp³-hybridized carbons (Fsp3) is 0.731. The number of amides is 1. The molecular weight excluding hydrogens is 512 g/mol. The van der Waals surface area contributed by atoms with Gasteiger partial charge >= 0.3 is 11.9 Å². The Morgan fingerprint density at radius 1 is 0.923 bits per heavy atom. The van der Waals surface area contributed by atoms with Crippen molar-refractivity contribution in [1.29, 1.82) is 0 Å². The number of hydrogen-bond donors (Lipinski definition) is 1. The van der Waals surface area contributed by atoms with Crippen molar-refractivity contribution in [2.24, 2.45) is 0 Å². The molecule has 1 aromatic heterocycles. The minimum atomic E-state index is -0.428. The third-order valence-corrected chi connectivity index (χ3v) is 6.94. The number of rotatable bonds is 12. The number of oxazole rings is 1. The Morgan fingerprint density at radius 3 is 2.13 bits per heavy atom. The molecule has 0 aliphatic carbocycles. The largest absolute Gasteiger partial charge is 0.469 e. The molecule has 1 amide bonds. The molecule has 0 unspecified atom stereocenters. The van der Waals surface area contributed by atoms with E-state index in [0.29, 0.717) is 31.7 Å². The fourth-order valence-corrected chi connectivity index (χ4v) is 4.50. The molecule has 2 aliphatic rings. The maximum Gasteiger partial charge on any atom is 0.305 e. The molecule has 2 saturated heterocycles. The van der Waals surface area contributed by atoms with Crippen LogP contribution in [0.15, 0.2) is 10.6 Å². The van der Waals surface area contributed by atoms with Crippen LogP contribution in [0, 0.1) is 0 Å². The van der Waals surface area contributed by atoms with Crippen LogP contribution in [-0.4, -0.2) is 119 Å². The number of carbonyl (C=O) groups is 4. The van der Waals surface area contributed by atoms with Gasteiger partial charge in [-0.3, -0.25) is 29.0 Å². The number of nitrogens with one attached hydrogen (secondary N) is 1. The molecule has 4 atom stereocenters. The number of ketones is 1. The first kappa shape index (κ1) is 32.3. The molecule has 0 saturated carbocycles. The number of aromatic nitrogens is 1. The summed E-state index contributed by atoms with van der Waals surface area (Å²) in [6.07, 6.45) is 4.40. The summed E-state index contributed by atoms with van der Waals surface area (Å²) in [6.45, 7) is 1.52. The summed E-state index contributed by atoms with van der Waals surface area (Å²) >= 11 is 0. The van der Waals surface area contributed by atoms with E-state index in [2.05, 4.69) is 24.7 Å². The average Bonchev–Trinajstić information content (AvgIpc) is 3.66. The molecule has 0 aromatic carbocycles. The van der Waals surface area contributed by atoms with Crippen LogP contribution in [0.2, 0.25) is 0 Å². The SMILES string of the molecule is COC(=O)CCC(=O)CNC(=O)[C@@H]1C[C@H](OC)CN1C.COC(=O)CCc1cnc([C@@H]2C[C@H](OC)CN2C)o1. The molecule has 0 radical (unpaired) electrons. The summed E-state index contributed by atoms with van der Waals surface area (Å²) < 4.78 is 25.3. The third kappa shape index (κ3) is 10.3. The van der Waals surface area contributed by atoms with Crippen LogP contribution in [0.3, 0.4) is 0 Å². The number of methoxy groups -OCH3 is 4. The zero-order valence-electron chi connectivity index (χ0n) is 23.8. The lowest BCUT2D eigenvalue weighted by Crippen LogP contribution is -2.43. The van der Waals surface area contributed by atoms with Crippen LogP contribution in [0.1, 0.15) is 49.8 Å². The summed E-state index contributed by atoms with van der Waals surface area (Å²) in [5.74, 6) is 0.376. The molecule has 3 heterocycles. The Kier molecular flexibility index (Phi) is 13.5. The van der Waals surface area contributed by atoms with E-state index >= 15 is 0 Å². The van der Waals surface area contributed by atoms with Gasteiger partial charge in [0.05, 0.1) is 64.1 Å². The highest BCUT2D eigenvalue weighted by Gasteiger charge is 2.35. The van der Waals surface area contributed by atoms with Gasteiger partial charge in [-0.05, 0) is 26.9 Å². The summed E-state index contributed by atoms with van der Waals surface area (Å²) in [5.41, 5.74) is 0. The van der Waals surface area contributed by atoms with Crippen molar-refractivity contribution in [3.63, 3.8) is 0 Å². The topological polar surface area (TPSA) is 150 Å². The number of Topliss-reactive ketones (excluding diaryl/α,β-unsaturated/α-hetero) is 1. The fourth-order valence-electron chi connectivity index (χ4n) is 4.50. The van der Waals surface area contributed by atoms with Crippen molar-refractivity contribution < 1.29 is 42.5 Å². The molecule has 39 heavy (non-hydrogen) atoms. The van der Waals surface area contributed by atoms with E-state index in [-0.39, 0.29) is 61.3 Å². The molecule has 220 valence electrons. The smallest absolute Gasteiger partial charge is 0.305 e. The summed E-state index contributed by atoms with van der Waals surface area (Å²) in [4.78, 5) is 53.8. The van der Waals surface area contributed by atoms with Crippen molar-refractivity contribution in [2.45, 2.75) is 62.8 Å². The van der Waals surface area contributed by atoms with Gasteiger partial charge in [-0.15, -0.1) is 0 Å². The summed E-state index contributed by atoms with van der Waals surface area (Å²) in [6, 6.07) is -0.120. The number of aryl methyl sites for hydroxylation is 1. The molecule has 2 aliphatic heterocycles. The Morgan fingerprint density at radius 2 is 1.54 bits per heavy atom. The lowest BCUT2D eigenvalue weighted by Gasteiger charge is -2.17. The highest BCUT2D eigenvalue weighted by Crippen LogP contribution is 2.31. The number of esters is 2. The van der Waals surface area contributed by atoms with E-state index in [9.17, 15) is 19.2 Å². The number of likely N-dealkylation sites (N-methyl/N-ethyl adjacent to an activating group) is 2. The minimum Gasteiger partial charge on any atom is -0.469 e. The van der Waals surface area contributed by atoms with E-state index in [1.54, 1.807) is 20.4 Å². The normalized spacial score (nSPS) is 23.1. The van der Waals surface area contributed by atoms with Gasteiger partial charge in [0, 0.05) is 40.2 Å². The highest BCUT2D eigenvalue weighted by atomic mass is 16.5. The van der Waals surface area contributed by atoms with Crippen LogP contribution in [0.5, 0.6) is 0 Å². The number of carbonyl (C=O) groups excluding carboxylic acids is 4. The number of nitrogens with zero attached hydrogens (tertiary/aromatic N) is 3. The maximum absolute atomic E-state index is 12.0. The van der Waals surface area contributed by atoms with E-state index in [4.69, 9.17) is 13.9 Å². The highest BCUT2D eigenvalue weighted by molar-refractivity contribution is 5.89. The Labute approximate surface area is 229 Å². The molecule has 2 fully saturated rings. The minimum absolute atomic E-state index is 0.0419. The van der Waals surface area contributed by atoms with Gasteiger partial charge in [0.2, 0.25) is 11.8 Å². The standard InChI is InChI=1S/C13H22N2O5.C13H20N2O4/c1-15-8-10(19-2)6-11(15)13(18)14-7-9(16)4-5-12(17)20-3;1-15-8-10(17-2)6-11(15)13-14-7-9(19-13)4-5-12(16)18-3/h10-11H,4-8H2,1-3H3,(H,14,18);7,10-11H,4-6,8H2,1-3H3/t2*10-,11-/m00/s1. The molecule has 3 rings (SSSR count). The molecular formula is C26H42N4O9. The van der Waals surface area contributed by atoms with Crippen LogP contribution < -0.4 is 5.32 Å². The lowest BCUT2D eigenvalue weighted by molar-refractivity contribution is -0.142. The maximum atomic E-state index is 12.0. The zero-order chi connectivity index (χ0) is 28.9. The number of hydrogen-bond acceptors (Lipinski definition) is 12. The van der Waals surface area contributed by atoms with Gasteiger partial charge in [-0.2, -0.15) is 0 Å². The lowest BCUT2D eigenvalue weighted by atomic mass is 10.1. The molecule has 1 N–H and O–H groups in total. The van der Waals surface area contributed by atoms with Gasteiger partial charge < -0.3 is 28.7 Å². The second-order valence-electron chi connectivity index (χ2n) is 9.67. The second kappa shape index (κ2) is 16.3. The van der Waals surface area contributed by atoms with Crippen LogP contribution in [0.4, 0.5) is 0 Å². The average molecular weight is 555 g/mol. The predicted octanol–water partition coefficient (Wildman–Crippen LogP) is 0.516. The van der Waals surface area contributed by atoms with Gasteiger partial charge in [0.1, 0.15) is 5.76 Å². The summed E-state index contributed by atoms with van der Waals surface area (Å²) in [7, 11) is 9.88. The first-order valence-electron chi connectivity index (χ1n) is 12.9. The number of likely N-dealkylation sites (tertiary alicyclic amines) is 2. The van der Waals surface area contributed by atoms with Gasteiger partial charge in [-0.25, -0.2) is 4.98 Å². The predicted molar refractivity (Wildman–Crippen MR) is 139 cm³/mol. The van der Waals surface area contributed by atoms with E-state index in [1.165, 1.54) is 14.2 Å². The van der Waals surface area contributed by atoms with Crippen molar-refractivity contribution in [1.82, 2.24) is 20.1 Å². The van der Waals surface area contributed by atoms with Crippen molar-refractivity contribution >= 4 is 23.6 Å². The van der Waals surface area contributed by atoms with E-state index in [0.717, 1.165) is 18.7 Å². The van der Waals surface area contributed by atoms with Crippen LogP contribution in [-0.2, 0) is 44.5 Å². The summed E-state index contributed by atoms with van der Waals surface area (Å²) in [5, 5.41) is 2.60. The van der Waals surface area contributed by atoms with Crippen LogP contribution in [0.25, 0.3) is 0 Å². The molecule has 0 spiro atoms. The third-order valence-electron chi connectivity index (χ3n) is 6.94. The van der Waals surface area contributed by atoms with Gasteiger partial charge in [-0.1, -0.05) is 0 Å². The Balaban J connectivity index is 0.000000274. The monoisotopic (exact) mass is 554 g/mol. The second-order valence-corrected chi connectivity index (χ2v) is 9.67. The molecule has 13 heteroatoms. The van der Waals surface area contributed by atoms with Crippen molar-refractivity contribution in [3.05, 3.63) is 17.8 Å². The molecule has 1 aromatic rings. The van der Waals surface area contributed by atoms with Crippen LogP contribution >= 0.6 is 0 Å². The van der Waals surface area contributed by atoms with Gasteiger partial charge in [0.25, 0.3) is 0 Å². The zero-order valence-corrected chi connectivity index (χ0v) is 23.8. The molecule has 0 bridgehead atoms. The van der Waals surface area contributed by atoms with Crippen molar-refractivity contribution in [2.75, 3.05) is 62.2 Å². The Hall–Kier alpha value is -2.87. The van der Waals surface area contributed by atoms with E-state index < -0.39 is 5.97 Å². The first-order valence-corrected chi connectivity index (χ1v) is 12.9. The first-order chi connectivity index (χ1) is 18.6. The van der Waals surface area contributed by atoms with Crippen molar-refractivity contribution in [3.8, 4) is 0 Å². The molecule has 13 nitrogen and oxygen atoms in total. The quantitative estimate of drug-likeness (QED) is 0.359. The van der Waals surface area contributed by atoms with Gasteiger partial charge in [0.15, 0.2) is 5.78 Å².